The van der Waals surface area contributed by atoms with Crippen LogP contribution in [-0.2, 0) is 4.84 Å². The van der Waals surface area contributed by atoms with Crippen LogP contribution in [0.2, 0.25) is 0 Å². The summed E-state index contributed by atoms with van der Waals surface area (Å²) in [7, 11) is 0. The Bertz CT molecular complexity index is 896. The second-order valence-corrected chi connectivity index (χ2v) is 12.0. The van der Waals surface area contributed by atoms with Crippen LogP contribution in [0.3, 0.4) is 0 Å². The third kappa shape index (κ3) is 5.38. The molecule has 2 aliphatic rings. The van der Waals surface area contributed by atoms with Crippen molar-refractivity contribution in [3.8, 4) is 0 Å². The molecule has 0 amide bonds. The highest BCUT2D eigenvalue weighted by atomic mass is 16.7. The quantitative estimate of drug-likeness (QED) is 0.529. The number of hydroxylamine groups is 1. The van der Waals surface area contributed by atoms with Crippen molar-refractivity contribution in [1.29, 1.82) is 0 Å². The van der Waals surface area contributed by atoms with Gasteiger partial charge in [-0.05, 0) is 46.8 Å². The first-order valence-electron chi connectivity index (χ1n) is 12.1. The van der Waals surface area contributed by atoms with Gasteiger partial charge in [0, 0.05) is 6.42 Å². The number of hydrogen-bond acceptors (Lipinski definition) is 3. The Morgan fingerprint density at radius 1 is 1.03 bits per heavy atom. The van der Waals surface area contributed by atoms with Crippen molar-refractivity contribution in [2.45, 2.75) is 87.0 Å². The highest BCUT2D eigenvalue weighted by Gasteiger charge is 2.38. The highest BCUT2D eigenvalue weighted by Crippen LogP contribution is 2.41. The zero-order valence-corrected chi connectivity index (χ0v) is 21.5. The lowest BCUT2D eigenvalue weighted by Gasteiger charge is -2.44. The molecule has 5 unspecified atom stereocenters. The van der Waals surface area contributed by atoms with Crippen LogP contribution in [0.4, 0.5) is 5.69 Å². The number of nitrogens with zero attached hydrogens (tertiary/aromatic N) is 1. The second-order valence-electron chi connectivity index (χ2n) is 12.0. The number of aliphatic hydroxyl groups excluding tert-OH is 1. The van der Waals surface area contributed by atoms with Crippen LogP contribution in [0.15, 0.2) is 53.6 Å². The molecule has 176 valence electrons. The van der Waals surface area contributed by atoms with Crippen molar-refractivity contribution in [3.63, 3.8) is 0 Å². The molecular weight excluding hydrogens is 394 g/mol. The molecule has 1 aromatic rings. The van der Waals surface area contributed by atoms with Gasteiger partial charge in [-0.15, -0.1) is 0 Å². The molecule has 0 saturated heterocycles. The number of anilines is 1. The second kappa shape index (κ2) is 9.19. The van der Waals surface area contributed by atoms with E-state index in [4.69, 9.17) is 4.84 Å². The summed E-state index contributed by atoms with van der Waals surface area (Å²) in [4.78, 5) is 6.89. The summed E-state index contributed by atoms with van der Waals surface area (Å²) in [6.07, 6.45) is 9.20. The molecule has 0 spiro atoms. The maximum Gasteiger partial charge on any atom is 0.0966 e. The third-order valence-electron chi connectivity index (χ3n) is 7.10. The molecule has 32 heavy (non-hydrogen) atoms. The van der Waals surface area contributed by atoms with Crippen LogP contribution in [0.1, 0.15) is 74.3 Å². The summed E-state index contributed by atoms with van der Waals surface area (Å²) in [5.74, 6) is 0.918. The number of rotatable bonds is 5. The summed E-state index contributed by atoms with van der Waals surface area (Å²) < 4.78 is 0. The third-order valence-corrected chi connectivity index (χ3v) is 7.10. The fraction of sp³-hybridized carbons (Fsp3) is 0.586. The molecule has 5 atom stereocenters. The molecule has 0 saturated carbocycles. The summed E-state index contributed by atoms with van der Waals surface area (Å²) in [5, 5.41) is 13.1. The number of para-hydroxylation sites is 1. The molecule has 1 N–H and O–H groups in total. The first-order valence-corrected chi connectivity index (χ1v) is 12.1. The Kier molecular flexibility index (Phi) is 7.12. The summed E-state index contributed by atoms with van der Waals surface area (Å²) >= 11 is 0. The Morgan fingerprint density at radius 2 is 1.69 bits per heavy atom. The van der Waals surface area contributed by atoms with Crippen molar-refractivity contribution < 1.29 is 9.94 Å². The molecule has 1 aliphatic carbocycles. The number of benzene rings is 1. The van der Waals surface area contributed by atoms with E-state index in [-0.39, 0.29) is 23.0 Å². The van der Waals surface area contributed by atoms with E-state index in [1.165, 1.54) is 11.1 Å². The van der Waals surface area contributed by atoms with E-state index in [1.807, 2.05) is 0 Å². The number of fused-ring (bicyclic) bond motifs is 1. The maximum absolute atomic E-state index is 10.9. The molecule has 3 heteroatoms. The lowest BCUT2D eigenvalue weighted by atomic mass is 9.78. The SMILES string of the molecule is CC1=CC(C)C(C)C(C2C=Cc3ccccc3N2OC(CC(O)C(C)(C)C)C(C)(C)C)=C1. The van der Waals surface area contributed by atoms with Crippen molar-refractivity contribution in [3.05, 3.63) is 59.2 Å². The van der Waals surface area contributed by atoms with Gasteiger partial charge < -0.3 is 5.11 Å². The van der Waals surface area contributed by atoms with Crippen LogP contribution in [0.25, 0.3) is 6.08 Å². The van der Waals surface area contributed by atoms with Crippen LogP contribution in [-0.4, -0.2) is 23.4 Å². The molecule has 3 rings (SSSR count). The van der Waals surface area contributed by atoms with E-state index in [0.29, 0.717) is 18.3 Å². The molecule has 0 fully saturated rings. The van der Waals surface area contributed by atoms with Crippen LogP contribution in [0.5, 0.6) is 0 Å². The standard InChI is InChI=1S/C29H43NO2/c1-19-16-20(2)21(3)23(17-19)25-15-14-22-12-10-11-13-24(22)30(25)32-27(29(7,8)9)18-26(31)28(4,5)6/h10-17,20-21,25-27,31H,18H2,1-9H3. The fourth-order valence-electron chi connectivity index (χ4n) is 4.53. The van der Waals surface area contributed by atoms with E-state index >= 15 is 0 Å². The van der Waals surface area contributed by atoms with Crippen molar-refractivity contribution >= 4 is 11.8 Å². The predicted octanol–water partition coefficient (Wildman–Crippen LogP) is 7.19. The molecular formula is C29H43NO2. The topological polar surface area (TPSA) is 32.7 Å². The van der Waals surface area contributed by atoms with E-state index in [0.717, 1.165) is 11.3 Å². The zero-order chi connectivity index (χ0) is 23.8. The summed E-state index contributed by atoms with van der Waals surface area (Å²) in [6, 6.07) is 8.47. The van der Waals surface area contributed by atoms with Crippen LogP contribution >= 0.6 is 0 Å². The first-order chi connectivity index (χ1) is 14.8. The summed E-state index contributed by atoms with van der Waals surface area (Å²) in [5.41, 5.74) is 4.64. The van der Waals surface area contributed by atoms with Gasteiger partial charge in [0.1, 0.15) is 0 Å². The Hall–Kier alpha value is -1.84. The molecule has 1 aliphatic heterocycles. The van der Waals surface area contributed by atoms with Crippen molar-refractivity contribution in [2.24, 2.45) is 22.7 Å². The van der Waals surface area contributed by atoms with Crippen molar-refractivity contribution in [2.75, 3.05) is 5.06 Å². The minimum absolute atomic E-state index is 0.0302. The largest absolute Gasteiger partial charge is 0.392 e. The number of hydrogen-bond donors (Lipinski definition) is 1. The first kappa shape index (κ1) is 24.8. The van der Waals surface area contributed by atoms with Gasteiger partial charge in [0.25, 0.3) is 0 Å². The average molecular weight is 438 g/mol. The van der Waals surface area contributed by atoms with E-state index in [9.17, 15) is 5.11 Å². The van der Waals surface area contributed by atoms with Crippen LogP contribution in [0, 0.1) is 22.7 Å². The van der Waals surface area contributed by atoms with Gasteiger partial charge in [-0.1, -0.05) is 103 Å². The van der Waals surface area contributed by atoms with Gasteiger partial charge in [0.05, 0.1) is 23.9 Å². The molecule has 3 nitrogen and oxygen atoms in total. The lowest BCUT2D eigenvalue weighted by Crippen LogP contribution is -2.47. The lowest BCUT2D eigenvalue weighted by molar-refractivity contribution is -0.0785. The van der Waals surface area contributed by atoms with Gasteiger partial charge in [-0.3, -0.25) is 4.84 Å². The minimum Gasteiger partial charge on any atom is -0.392 e. The zero-order valence-electron chi connectivity index (χ0n) is 21.5. The predicted molar refractivity (Wildman–Crippen MR) is 136 cm³/mol. The number of aliphatic hydroxyl groups is 1. The molecule has 0 aromatic heterocycles. The molecule has 0 bridgehead atoms. The maximum atomic E-state index is 10.9. The minimum atomic E-state index is -0.446. The van der Waals surface area contributed by atoms with E-state index in [1.54, 1.807) is 0 Å². The van der Waals surface area contributed by atoms with Crippen molar-refractivity contribution in [1.82, 2.24) is 0 Å². The van der Waals surface area contributed by atoms with Gasteiger partial charge in [0.2, 0.25) is 0 Å². The number of allylic oxidation sites excluding steroid dienone is 3. The Morgan fingerprint density at radius 3 is 2.31 bits per heavy atom. The highest BCUT2D eigenvalue weighted by molar-refractivity contribution is 5.72. The van der Waals surface area contributed by atoms with E-state index in [2.05, 4.69) is 116 Å². The Labute approximate surface area is 195 Å². The normalized spacial score (nSPS) is 25.7. The monoisotopic (exact) mass is 437 g/mol. The average Bonchev–Trinajstić information content (AvgIpc) is 2.69. The van der Waals surface area contributed by atoms with Gasteiger partial charge in [-0.2, -0.15) is 0 Å². The van der Waals surface area contributed by atoms with Crippen LogP contribution < -0.4 is 5.06 Å². The van der Waals surface area contributed by atoms with Gasteiger partial charge in [0.15, 0.2) is 0 Å². The smallest absolute Gasteiger partial charge is 0.0966 e. The molecule has 1 aromatic carbocycles. The molecule has 1 heterocycles. The molecule has 0 radical (unpaired) electrons. The fourth-order valence-corrected chi connectivity index (χ4v) is 4.53. The van der Waals surface area contributed by atoms with E-state index < -0.39 is 6.10 Å². The van der Waals surface area contributed by atoms with Gasteiger partial charge in [-0.25, -0.2) is 5.06 Å². The summed E-state index contributed by atoms with van der Waals surface area (Å²) in [6.45, 7) is 19.7. The van der Waals surface area contributed by atoms with Gasteiger partial charge >= 0.3 is 0 Å². The Balaban J connectivity index is 2.02.